The zero-order valence-corrected chi connectivity index (χ0v) is 17.6. The Balaban J connectivity index is 1.50. The average Bonchev–Trinajstić information content (AvgIpc) is 3.28. The number of piperidine rings is 1. The molecule has 160 valence electrons. The summed E-state index contributed by atoms with van der Waals surface area (Å²) in [5.41, 5.74) is 1.03. The fraction of sp³-hybridized carbons (Fsp3) is 0.700. The highest BCUT2D eigenvalue weighted by Crippen LogP contribution is 2.20. The number of carbonyl (C=O) groups is 1. The number of rotatable bonds is 9. The normalized spacial score (nSPS) is 17.3. The van der Waals surface area contributed by atoms with Gasteiger partial charge < -0.3 is 23.4 Å². The van der Waals surface area contributed by atoms with E-state index in [0.29, 0.717) is 67.4 Å². The SMILES string of the molecule is COCc1c(C(=O)N2CCCC(OCCc3noc(CC(C)C)n3)C2)noc1C. The molecule has 0 saturated carbocycles. The maximum Gasteiger partial charge on any atom is 0.276 e. The highest BCUT2D eigenvalue weighted by atomic mass is 16.5. The van der Waals surface area contributed by atoms with Gasteiger partial charge in [0.2, 0.25) is 5.89 Å². The Kier molecular flexibility index (Phi) is 7.38. The molecule has 0 spiro atoms. The summed E-state index contributed by atoms with van der Waals surface area (Å²) >= 11 is 0. The molecule has 1 atom stereocenters. The molecular weight excluding hydrogens is 376 g/mol. The third kappa shape index (κ3) is 5.63. The monoisotopic (exact) mass is 406 g/mol. The molecule has 0 aromatic carbocycles. The van der Waals surface area contributed by atoms with Crippen LogP contribution in [0.3, 0.4) is 0 Å². The fourth-order valence-electron chi connectivity index (χ4n) is 3.42. The second-order valence-corrected chi connectivity index (χ2v) is 7.84. The summed E-state index contributed by atoms with van der Waals surface area (Å²) < 4.78 is 21.6. The molecule has 0 N–H and O–H groups in total. The van der Waals surface area contributed by atoms with Crippen molar-refractivity contribution in [3.05, 3.63) is 28.7 Å². The van der Waals surface area contributed by atoms with Gasteiger partial charge in [-0.2, -0.15) is 4.98 Å². The molecule has 3 rings (SSSR count). The number of amides is 1. The summed E-state index contributed by atoms with van der Waals surface area (Å²) in [7, 11) is 1.58. The largest absolute Gasteiger partial charge is 0.380 e. The van der Waals surface area contributed by atoms with Crippen LogP contribution in [0.25, 0.3) is 0 Å². The van der Waals surface area contributed by atoms with Gasteiger partial charge in [0.25, 0.3) is 5.91 Å². The molecule has 1 unspecified atom stereocenters. The van der Waals surface area contributed by atoms with E-state index in [1.54, 1.807) is 18.9 Å². The molecule has 2 aromatic heterocycles. The van der Waals surface area contributed by atoms with Crippen molar-refractivity contribution in [1.82, 2.24) is 20.2 Å². The van der Waals surface area contributed by atoms with Gasteiger partial charge >= 0.3 is 0 Å². The number of aryl methyl sites for hydroxylation is 1. The first-order valence-electron chi connectivity index (χ1n) is 10.1. The molecule has 2 aromatic rings. The van der Waals surface area contributed by atoms with Crippen molar-refractivity contribution in [2.24, 2.45) is 5.92 Å². The Bertz CT molecular complexity index is 801. The number of hydrogen-bond acceptors (Lipinski definition) is 8. The van der Waals surface area contributed by atoms with Crippen LogP contribution >= 0.6 is 0 Å². The minimum Gasteiger partial charge on any atom is -0.380 e. The zero-order chi connectivity index (χ0) is 20.8. The van der Waals surface area contributed by atoms with Crippen molar-refractivity contribution in [3.63, 3.8) is 0 Å². The maximum atomic E-state index is 12.9. The second-order valence-electron chi connectivity index (χ2n) is 7.84. The van der Waals surface area contributed by atoms with Crippen LogP contribution in [0.15, 0.2) is 9.05 Å². The van der Waals surface area contributed by atoms with E-state index in [0.717, 1.165) is 19.3 Å². The van der Waals surface area contributed by atoms with Crippen LogP contribution in [0.5, 0.6) is 0 Å². The van der Waals surface area contributed by atoms with E-state index >= 15 is 0 Å². The van der Waals surface area contributed by atoms with Crippen molar-refractivity contribution in [2.75, 3.05) is 26.8 Å². The number of nitrogens with zero attached hydrogens (tertiary/aromatic N) is 4. The quantitative estimate of drug-likeness (QED) is 0.626. The van der Waals surface area contributed by atoms with E-state index in [-0.39, 0.29) is 12.0 Å². The predicted octanol–water partition coefficient (Wildman–Crippen LogP) is 2.57. The van der Waals surface area contributed by atoms with Gasteiger partial charge in [-0.15, -0.1) is 0 Å². The first kappa shape index (κ1) is 21.4. The van der Waals surface area contributed by atoms with Crippen LogP contribution in [0.4, 0.5) is 0 Å². The number of ether oxygens (including phenoxy) is 2. The topological polar surface area (TPSA) is 104 Å². The summed E-state index contributed by atoms with van der Waals surface area (Å²) in [5, 5.41) is 7.95. The Morgan fingerprint density at radius 3 is 2.90 bits per heavy atom. The lowest BCUT2D eigenvalue weighted by Crippen LogP contribution is -2.43. The molecule has 0 radical (unpaired) electrons. The van der Waals surface area contributed by atoms with Gasteiger partial charge in [0.1, 0.15) is 5.76 Å². The maximum absolute atomic E-state index is 12.9. The van der Waals surface area contributed by atoms with E-state index in [1.165, 1.54) is 0 Å². The van der Waals surface area contributed by atoms with Crippen LogP contribution in [0, 0.1) is 12.8 Å². The molecule has 1 aliphatic rings. The molecular formula is C20H30N4O5. The molecule has 9 heteroatoms. The van der Waals surface area contributed by atoms with E-state index in [4.69, 9.17) is 18.5 Å². The molecule has 0 aliphatic carbocycles. The smallest absolute Gasteiger partial charge is 0.276 e. The van der Waals surface area contributed by atoms with Gasteiger partial charge in [-0.05, 0) is 25.7 Å². The predicted molar refractivity (Wildman–Crippen MR) is 103 cm³/mol. The van der Waals surface area contributed by atoms with Gasteiger partial charge in [-0.1, -0.05) is 24.2 Å². The molecule has 9 nitrogen and oxygen atoms in total. The zero-order valence-electron chi connectivity index (χ0n) is 17.6. The average molecular weight is 406 g/mol. The number of carbonyl (C=O) groups excluding carboxylic acids is 1. The lowest BCUT2D eigenvalue weighted by molar-refractivity contribution is 0.00210. The van der Waals surface area contributed by atoms with E-state index in [2.05, 4.69) is 29.1 Å². The Hall–Kier alpha value is -2.26. The molecule has 1 saturated heterocycles. The molecule has 3 heterocycles. The van der Waals surface area contributed by atoms with Gasteiger partial charge in [-0.25, -0.2) is 0 Å². The van der Waals surface area contributed by atoms with Gasteiger partial charge in [0, 0.05) is 33.0 Å². The van der Waals surface area contributed by atoms with E-state index in [1.807, 2.05) is 0 Å². The molecule has 1 aliphatic heterocycles. The van der Waals surface area contributed by atoms with Crippen LogP contribution in [0.1, 0.15) is 60.2 Å². The number of aromatic nitrogens is 3. The third-order valence-corrected chi connectivity index (χ3v) is 4.91. The minimum atomic E-state index is -0.140. The third-order valence-electron chi connectivity index (χ3n) is 4.91. The van der Waals surface area contributed by atoms with Gasteiger partial charge in [-0.3, -0.25) is 4.79 Å². The van der Waals surface area contributed by atoms with Crippen molar-refractivity contribution >= 4 is 5.91 Å². The molecule has 0 bridgehead atoms. The Labute approximate surface area is 170 Å². The highest BCUT2D eigenvalue weighted by molar-refractivity contribution is 5.93. The number of hydrogen-bond donors (Lipinski definition) is 0. The fourth-order valence-corrected chi connectivity index (χ4v) is 3.42. The summed E-state index contributed by atoms with van der Waals surface area (Å²) in [6.45, 7) is 8.01. The molecule has 1 amide bonds. The van der Waals surface area contributed by atoms with Gasteiger partial charge in [0.15, 0.2) is 11.5 Å². The number of methoxy groups -OCH3 is 1. The van der Waals surface area contributed by atoms with Crippen LogP contribution in [0.2, 0.25) is 0 Å². The lowest BCUT2D eigenvalue weighted by atomic mass is 10.1. The lowest BCUT2D eigenvalue weighted by Gasteiger charge is -2.32. The standard InChI is InChI=1S/C20H30N4O5/c1-13(2)10-18-21-17(22-29-18)7-9-27-15-6-5-8-24(11-15)20(25)19-16(12-26-4)14(3)28-23-19/h13,15H,5-12H2,1-4H3. The van der Waals surface area contributed by atoms with E-state index < -0.39 is 0 Å². The summed E-state index contributed by atoms with van der Waals surface area (Å²) in [5.74, 6) is 2.27. The van der Waals surface area contributed by atoms with Crippen molar-refractivity contribution < 1.29 is 23.3 Å². The Morgan fingerprint density at radius 1 is 1.31 bits per heavy atom. The minimum absolute atomic E-state index is 0.0198. The van der Waals surface area contributed by atoms with Crippen molar-refractivity contribution in [3.8, 4) is 0 Å². The summed E-state index contributed by atoms with van der Waals surface area (Å²) in [6.07, 6.45) is 3.14. The summed E-state index contributed by atoms with van der Waals surface area (Å²) in [4.78, 5) is 19.1. The first-order valence-corrected chi connectivity index (χ1v) is 10.1. The molecule has 29 heavy (non-hydrogen) atoms. The van der Waals surface area contributed by atoms with Crippen LogP contribution in [-0.4, -0.2) is 59.0 Å². The van der Waals surface area contributed by atoms with Crippen molar-refractivity contribution in [2.45, 2.75) is 59.2 Å². The molecule has 1 fully saturated rings. The van der Waals surface area contributed by atoms with Crippen LogP contribution in [-0.2, 0) is 28.9 Å². The van der Waals surface area contributed by atoms with Crippen LogP contribution < -0.4 is 0 Å². The van der Waals surface area contributed by atoms with Crippen molar-refractivity contribution in [1.29, 1.82) is 0 Å². The van der Waals surface area contributed by atoms with E-state index in [9.17, 15) is 4.79 Å². The van der Waals surface area contributed by atoms with Gasteiger partial charge in [0.05, 0.1) is 24.9 Å². The second kappa shape index (κ2) is 9.98. The Morgan fingerprint density at radius 2 is 2.14 bits per heavy atom. The number of likely N-dealkylation sites (tertiary alicyclic amines) is 1. The first-order chi connectivity index (χ1) is 14.0. The highest BCUT2D eigenvalue weighted by Gasteiger charge is 2.29. The summed E-state index contributed by atoms with van der Waals surface area (Å²) in [6, 6.07) is 0.